The lowest BCUT2D eigenvalue weighted by Gasteiger charge is -2.34. The fraction of sp³-hybridized carbons (Fsp3) is 0.714. The number of nitrogens with one attached hydrogen (secondary N) is 1. The van der Waals surface area contributed by atoms with Gasteiger partial charge in [0.25, 0.3) is 0 Å². The van der Waals surface area contributed by atoms with Gasteiger partial charge >= 0.3 is 6.18 Å². The van der Waals surface area contributed by atoms with Crippen molar-refractivity contribution in [3.05, 3.63) is 18.0 Å². The Morgan fingerprint density at radius 3 is 2.76 bits per heavy atom. The molecule has 0 radical (unpaired) electrons. The maximum Gasteiger partial charge on any atom is 0.435 e. The summed E-state index contributed by atoms with van der Waals surface area (Å²) in [6.07, 6.45) is -0.160. The summed E-state index contributed by atoms with van der Waals surface area (Å²) in [7, 11) is 0. The van der Waals surface area contributed by atoms with E-state index >= 15 is 0 Å². The molecule has 1 N–H and O–H groups in total. The second kappa shape index (κ2) is 6.07. The number of carbonyl (C=O) groups excluding carboxylic acids is 1. The normalized spacial score (nSPS) is 26.6. The molecule has 0 aromatic carbocycles. The van der Waals surface area contributed by atoms with E-state index in [4.69, 9.17) is 0 Å². The smallest absolute Gasteiger partial charge is 0.351 e. The molecule has 1 heterocycles. The van der Waals surface area contributed by atoms with Crippen molar-refractivity contribution in [2.75, 3.05) is 0 Å². The topological polar surface area (TPSA) is 46.9 Å². The second-order valence-corrected chi connectivity index (χ2v) is 5.84. The number of alkyl halides is 3. The number of carbonyl (C=O) groups is 1. The maximum absolute atomic E-state index is 12.4. The minimum atomic E-state index is -4.48. The fourth-order valence-electron chi connectivity index (χ4n) is 2.79. The molecule has 118 valence electrons. The summed E-state index contributed by atoms with van der Waals surface area (Å²) in [6, 6.07) is 0.970. The van der Waals surface area contributed by atoms with E-state index in [9.17, 15) is 18.0 Å². The van der Waals surface area contributed by atoms with E-state index in [0.717, 1.165) is 30.0 Å². The molecule has 7 heteroatoms. The molecule has 0 bridgehead atoms. The second-order valence-electron chi connectivity index (χ2n) is 5.84. The van der Waals surface area contributed by atoms with Crippen LogP contribution in [0.15, 0.2) is 12.3 Å². The third-order valence-electron chi connectivity index (χ3n) is 4.29. The highest BCUT2D eigenvalue weighted by Gasteiger charge is 2.34. The van der Waals surface area contributed by atoms with Crippen LogP contribution in [0.4, 0.5) is 13.2 Å². The Kier molecular flexibility index (Phi) is 4.58. The summed E-state index contributed by atoms with van der Waals surface area (Å²) in [5.41, 5.74) is -0.977. The molecule has 4 nitrogen and oxygen atoms in total. The summed E-state index contributed by atoms with van der Waals surface area (Å²) in [4.78, 5) is 11.9. The van der Waals surface area contributed by atoms with Crippen molar-refractivity contribution < 1.29 is 18.0 Å². The van der Waals surface area contributed by atoms with Crippen molar-refractivity contribution >= 4 is 5.91 Å². The highest BCUT2D eigenvalue weighted by atomic mass is 19.4. The van der Waals surface area contributed by atoms with Crippen molar-refractivity contribution in [3.8, 4) is 0 Å². The average molecular weight is 303 g/mol. The van der Waals surface area contributed by atoms with Gasteiger partial charge in [0.15, 0.2) is 5.69 Å². The van der Waals surface area contributed by atoms with Crippen LogP contribution < -0.4 is 5.32 Å². The first-order chi connectivity index (χ1) is 9.77. The van der Waals surface area contributed by atoms with Gasteiger partial charge in [0.05, 0.1) is 0 Å². The maximum atomic E-state index is 12.4. The fourth-order valence-corrected chi connectivity index (χ4v) is 2.79. The number of nitrogens with zero attached hydrogens (tertiary/aromatic N) is 2. The zero-order chi connectivity index (χ0) is 15.6. The predicted octanol–water partition coefficient (Wildman–Crippen LogP) is 2.84. The molecule has 3 atom stereocenters. The predicted molar refractivity (Wildman–Crippen MR) is 71.3 cm³/mol. The van der Waals surface area contributed by atoms with Gasteiger partial charge in [0.2, 0.25) is 5.91 Å². The Morgan fingerprint density at radius 1 is 1.43 bits per heavy atom. The van der Waals surface area contributed by atoms with Crippen LogP contribution in [0, 0.1) is 11.8 Å². The molecular formula is C14H20F3N3O. The first-order valence-corrected chi connectivity index (χ1v) is 7.17. The summed E-state index contributed by atoms with van der Waals surface area (Å²) in [5, 5.41) is 6.29. The molecule has 0 spiro atoms. The Morgan fingerprint density at radius 2 is 2.14 bits per heavy atom. The molecule has 0 aliphatic heterocycles. The Balaban J connectivity index is 1.91. The van der Waals surface area contributed by atoms with Gasteiger partial charge in [0, 0.05) is 12.2 Å². The third-order valence-corrected chi connectivity index (χ3v) is 4.29. The highest BCUT2D eigenvalue weighted by molar-refractivity contribution is 5.76. The number of halogens is 3. The molecule has 21 heavy (non-hydrogen) atoms. The van der Waals surface area contributed by atoms with E-state index in [-0.39, 0.29) is 18.5 Å². The van der Waals surface area contributed by atoms with Crippen molar-refractivity contribution in [1.82, 2.24) is 15.1 Å². The molecule has 1 amide bonds. The Bertz CT molecular complexity index is 498. The molecule has 0 saturated heterocycles. The first-order valence-electron chi connectivity index (χ1n) is 7.17. The molecule has 1 aliphatic carbocycles. The minimum absolute atomic E-state index is 0.0962. The SMILES string of the molecule is CC1CCCC(NC(=O)Cn2ccc(C(F)(F)F)n2)C1C. The molecule has 1 fully saturated rings. The van der Waals surface area contributed by atoms with E-state index in [2.05, 4.69) is 24.3 Å². The van der Waals surface area contributed by atoms with Gasteiger partial charge in [-0.3, -0.25) is 9.48 Å². The lowest BCUT2D eigenvalue weighted by Crippen LogP contribution is -2.44. The van der Waals surface area contributed by atoms with Crippen molar-refractivity contribution in [2.24, 2.45) is 11.8 Å². The molecule has 1 aromatic rings. The lowest BCUT2D eigenvalue weighted by atomic mass is 9.78. The standard InChI is InChI=1S/C14H20F3N3O/c1-9-4-3-5-11(10(9)2)18-13(21)8-20-7-6-12(19-20)14(15,16)17/h6-7,9-11H,3-5,8H2,1-2H3,(H,18,21). The van der Waals surface area contributed by atoms with Crippen LogP contribution in [0.2, 0.25) is 0 Å². The van der Waals surface area contributed by atoms with Crippen LogP contribution in [0.5, 0.6) is 0 Å². The lowest BCUT2D eigenvalue weighted by molar-refractivity contribution is -0.141. The molecule has 1 aromatic heterocycles. The van der Waals surface area contributed by atoms with Gasteiger partial charge in [-0.1, -0.05) is 26.7 Å². The van der Waals surface area contributed by atoms with Gasteiger partial charge in [0.1, 0.15) is 6.54 Å². The minimum Gasteiger partial charge on any atom is -0.351 e. The summed E-state index contributed by atoms with van der Waals surface area (Å²) < 4.78 is 38.3. The van der Waals surface area contributed by atoms with E-state index in [1.807, 2.05) is 0 Å². The van der Waals surface area contributed by atoms with Crippen LogP contribution in [0.3, 0.4) is 0 Å². The van der Waals surface area contributed by atoms with Gasteiger partial charge in [-0.2, -0.15) is 18.3 Å². The number of aromatic nitrogens is 2. The molecular weight excluding hydrogens is 283 g/mol. The van der Waals surface area contributed by atoms with Gasteiger partial charge < -0.3 is 5.32 Å². The highest BCUT2D eigenvalue weighted by Crippen LogP contribution is 2.29. The van der Waals surface area contributed by atoms with Crippen molar-refractivity contribution in [2.45, 2.75) is 51.9 Å². The van der Waals surface area contributed by atoms with Crippen LogP contribution in [0.25, 0.3) is 0 Å². The number of hydrogen-bond donors (Lipinski definition) is 1. The van der Waals surface area contributed by atoms with Crippen LogP contribution in [0.1, 0.15) is 38.8 Å². The average Bonchev–Trinajstić information content (AvgIpc) is 2.83. The van der Waals surface area contributed by atoms with Gasteiger partial charge in [-0.05, 0) is 24.3 Å². The van der Waals surface area contributed by atoms with E-state index in [0.29, 0.717) is 11.8 Å². The zero-order valence-corrected chi connectivity index (χ0v) is 12.2. The van der Waals surface area contributed by atoms with Crippen LogP contribution >= 0.6 is 0 Å². The van der Waals surface area contributed by atoms with E-state index in [1.165, 1.54) is 6.20 Å². The van der Waals surface area contributed by atoms with Gasteiger partial charge in [-0.25, -0.2) is 0 Å². The van der Waals surface area contributed by atoms with Crippen molar-refractivity contribution in [3.63, 3.8) is 0 Å². The van der Waals surface area contributed by atoms with Crippen molar-refractivity contribution in [1.29, 1.82) is 0 Å². The summed E-state index contributed by atoms with van der Waals surface area (Å²) in [5.74, 6) is 0.634. The summed E-state index contributed by atoms with van der Waals surface area (Å²) >= 11 is 0. The Hall–Kier alpha value is -1.53. The number of amides is 1. The number of rotatable bonds is 3. The van der Waals surface area contributed by atoms with E-state index < -0.39 is 11.9 Å². The summed E-state index contributed by atoms with van der Waals surface area (Å²) in [6.45, 7) is 4.07. The first kappa shape index (κ1) is 15.9. The van der Waals surface area contributed by atoms with Gasteiger partial charge in [-0.15, -0.1) is 0 Å². The van der Waals surface area contributed by atoms with E-state index in [1.54, 1.807) is 0 Å². The Labute approximate surface area is 121 Å². The quantitative estimate of drug-likeness (QED) is 0.933. The van der Waals surface area contributed by atoms with Crippen LogP contribution in [-0.4, -0.2) is 21.7 Å². The molecule has 1 aliphatic rings. The molecule has 2 rings (SSSR count). The van der Waals surface area contributed by atoms with Crippen LogP contribution in [-0.2, 0) is 17.5 Å². The molecule has 1 saturated carbocycles. The largest absolute Gasteiger partial charge is 0.435 e. The zero-order valence-electron chi connectivity index (χ0n) is 12.2. The third kappa shape index (κ3) is 3.98. The molecule has 3 unspecified atom stereocenters. The monoisotopic (exact) mass is 303 g/mol. The number of hydrogen-bond acceptors (Lipinski definition) is 2.